The number of amides is 1. The standard InChI is InChI=1S/C19H22N4O3S2/c1-14-20-21-19(23(14)16-7-8-16)27-12-18(24)22(11-15-5-3-2-4-6-15)17-9-10-28(25,26)13-17/h2-6,9-10,16-17H,7-8,11-13H2,1H3/t17-/m1/s1. The maximum absolute atomic E-state index is 13.0. The van der Waals surface area contributed by atoms with Crippen LogP contribution in [0.3, 0.4) is 0 Å². The van der Waals surface area contributed by atoms with Crippen molar-refractivity contribution in [3.8, 4) is 0 Å². The van der Waals surface area contributed by atoms with Gasteiger partial charge in [0, 0.05) is 18.0 Å². The fraction of sp³-hybridized carbons (Fsp3) is 0.421. The van der Waals surface area contributed by atoms with E-state index in [1.807, 2.05) is 37.3 Å². The van der Waals surface area contributed by atoms with E-state index in [4.69, 9.17) is 0 Å². The third-order valence-corrected chi connectivity index (χ3v) is 7.21. The number of nitrogens with zero attached hydrogens (tertiary/aromatic N) is 4. The van der Waals surface area contributed by atoms with Crippen molar-refractivity contribution in [1.29, 1.82) is 0 Å². The molecule has 9 heteroatoms. The highest BCUT2D eigenvalue weighted by Gasteiger charge is 2.32. The number of hydrogen-bond acceptors (Lipinski definition) is 6. The quantitative estimate of drug-likeness (QED) is 0.642. The molecule has 1 atom stereocenters. The molecule has 1 saturated carbocycles. The Kier molecular flexibility index (Phi) is 5.29. The summed E-state index contributed by atoms with van der Waals surface area (Å²) in [5.74, 6) is 0.891. The normalized spacial score (nSPS) is 20.4. The van der Waals surface area contributed by atoms with E-state index in [9.17, 15) is 13.2 Å². The highest BCUT2D eigenvalue weighted by molar-refractivity contribution is 7.99. The van der Waals surface area contributed by atoms with Gasteiger partial charge in [-0.3, -0.25) is 4.79 Å². The van der Waals surface area contributed by atoms with Gasteiger partial charge in [-0.15, -0.1) is 10.2 Å². The van der Waals surface area contributed by atoms with Crippen LogP contribution in [0.1, 0.15) is 30.3 Å². The van der Waals surface area contributed by atoms with Gasteiger partial charge < -0.3 is 9.47 Å². The zero-order valence-electron chi connectivity index (χ0n) is 15.6. The zero-order valence-corrected chi connectivity index (χ0v) is 17.2. The van der Waals surface area contributed by atoms with Crippen molar-refractivity contribution in [2.75, 3.05) is 11.5 Å². The number of benzene rings is 1. The number of sulfone groups is 1. The summed E-state index contributed by atoms with van der Waals surface area (Å²) in [4.78, 5) is 14.7. The fourth-order valence-electron chi connectivity index (χ4n) is 3.33. The zero-order chi connectivity index (χ0) is 19.7. The van der Waals surface area contributed by atoms with Gasteiger partial charge in [-0.05, 0) is 31.4 Å². The molecule has 2 heterocycles. The number of hydrogen-bond donors (Lipinski definition) is 0. The summed E-state index contributed by atoms with van der Waals surface area (Å²) in [6.45, 7) is 2.30. The summed E-state index contributed by atoms with van der Waals surface area (Å²) in [5, 5.41) is 10.3. The second-order valence-electron chi connectivity index (χ2n) is 7.15. The van der Waals surface area contributed by atoms with E-state index in [-0.39, 0.29) is 17.4 Å². The van der Waals surface area contributed by atoms with Crippen molar-refractivity contribution >= 4 is 27.5 Å². The average Bonchev–Trinajstić information content (AvgIpc) is 3.35. The molecule has 1 aromatic heterocycles. The SMILES string of the molecule is Cc1nnc(SCC(=O)N(Cc2ccccc2)[C@@H]2C=CS(=O)(=O)C2)n1C1CC1. The number of aryl methyl sites for hydroxylation is 1. The van der Waals surface area contributed by atoms with Gasteiger partial charge in [0.2, 0.25) is 5.91 Å². The fourth-order valence-corrected chi connectivity index (χ4v) is 5.57. The van der Waals surface area contributed by atoms with Gasteiger partial charge in [0.1, 0.15) is 5.82 Å². The Labute approximate surface area is 168 Å². The average molecular weight is 419 g/mol. The first kappa shape index (κ1) is 19.2. The summed E-state index contributed by atoms with van der Waals surface area (Å²) >= 11 is 1.37. The molecule has 0 radical (unpaired) electrons. The molecular formula is C19H22N4O3S2. The first-order valence-electron chi connectivity index (χ1n) is 9.21. The van der Waals surface area contributed by atoms with Crippen molar-refractivity contribution in [2.45, 2.75) is 43.6 Å². The third-order valence-electron chi connectivity index (χ3n) is 4.90. The Bertz CT molecular complexity index is 997. The largest absolute Gasteiger partial charge is 0.330 e. The molecule has 1 amide bonds. The summed E-state index contributed by atoms with van der Waals surface area (Å²) in [7, 11) is -3.25. The molecular weight excluding hydrogens is 396 g/mol. The summed E-state index contributed by atoms with van der Waals surface area (Å²) in [6, 6.07) is 9.61. The molecule has 2 aliphatic rings. The minimum atomic E-state index is -3.25. The lowest BCUT2D eigenvalue weighted by Gasteiger charge is -2.27. The van der Waals surface area contributed by atoms with Crippen molar-refractivity contribution in [3.63, 3.8) is 0 Å². The van der Waals surface area contributed by atoms with Gasteiger partial charge >= 0.3 is 0 Å². The Morgan fingerprint density at radius 1 is 1.25 bits per heavy atom. The van der Waals surface area contributed by atoms with Gasteiger partial charge in [0.25, 0.3) is 0 Å². The summed E-state index contributed by atoms with van der Waals surface area (Å²) in [5.41, 5.74) is 0.968. The first-order valence-corrected chi connectivity index (χ1v) is 11.9. The minimum Gasteiger partial charge on any atom is -0.330 e. The second-order valence-corrected chi connectivity index (χ2v) is 10.0. The maximum atomic E-state index is 13.0. The molecule has 2 aromatic rings. The van der Waals surface area contributed by atoms with Gasteiger partial charge in [0.15, 0.2) is 15.0 Å². The molecule has 0 unspecified atom stereocenters. The molecule has 1 aliphatic carbocycles. The van der Waals surface area contributed by atoms with Gasteiger partial charge in [-0.2, -0.15) is 0 Å². The lowest BCUT2D eigenvalue weighted by atomic mass is 10.2. The van der Waals surface area contributed by atoms with Crippen molar-refractivity contribution in [2.24, 2.45) is 0 Å². The molecule has 28 heavy (non-hydrogen) atoms. The van der Waals surface area contributed by atoms with Crippen molar-refractivity contribution in [3.05, 3.63) is 53.2 Å². The van der Waals surface area contributed by atoms with Gasteiger partial charge in [-0.1, -0.05) is 42.1 Å². The van der Waals surface area contributed by atoms with E-state index in [0.717, 1.165) is 29.4 Å². The highest BCUT2D eigenvalue weighted by Crippen LogP contribution is 2.38. The number of carbonyl (C=O) groups is 1. The molecule has 0 N–H and O–H groups in total. The first-order chi connectivity index (χ1) is 13.4. The van der Waals surface area contributed by atoms with Crippen LogP contribution in [0.15, 0.2) is 47.0 Å². The molecule has 0 bridgehead atoms. The van der Waals surface area contributed by atoms with E-state index in [2.05, 4.69) is 14.8 Å². The Morgan fingerprint density at radius 3 is 2.64 bits per heavy atom. The minimum absolute atomic E-state index is 0.0619. The van der Waals surface area contributed by atoms with E-state index in [0.29, 0.717) is 12.6 Å². The van der Waals surface area contributed by atoms with Crippen molar-refractivity contribution in [1.82, 2.24) is 19.7 Å². The van der Waals surface area contributed by atoms with Crippen LogP contribution in [0, 0.1) is 6.92 Å². The van der Waals surface area contributed by atoms with Gasteiger partial charge in [0.05, 0.1) is 17.5 Å². The second kappa shape index (κ2) is 7.71. The predicted molar refractivity (Wildman–Crippen MR) is 107 cm³/mol. The van der Waals surface area contributed by atoms with Crippen LogP contribution in [0.25, 0.3) is 0 Å². The van der Waals surface area contributed by atoms with Crippen LogP contribution in [0.5, 0.6) is 0 Å². The van der Waals surface area contributed by atoms with Crippen LogP contribution < -0.4 is 0 Å². The third kappa shape index (κ3) is 4.30. The number of aromatic nitrogens is 3. The summed E-state index contributed by atoms with van der Waals surface area (Å²) < 4.78 is 25.9. The highest BCUT2D eigenvalue weighted by atomic mass is 32.2. The number of thioether (sulfide) groups is 1. The topological polar surface area (TPSA) is 85.2 Å². The van der Waals surface area contributed by atoms with E-state index in [1.54, 1.807) is 11.0 Å². The monoisotopic (exact) mass is 418 g/mol. The lowest BCUT2D eigenvalue weighted by Crippen LogP contribution is -2.41. The maximum Gasteiger partial charge on any atom is 0.233 e. The van der Waals surface area contributed by atoms with E-state index in [1.165, 1.54) is 17.2 Å². The predicted octanol–water partition coefficient (Wildman–Crippen LogP) is 2.35. The molecule has 148 valence electrons. The van der Waals surface area contributed by atoms with Crippen LogP contribution in [-0.2, 0) is 21.2 Å². The summed E-state index contributed by atoms with van der Waals surface area (Å²) in [6.07, 6.45) is 3.84. The lowest BCUT2D eigenvalue weighted by molar-refractivity contribution is -0.130. The molecule has 0 spiro atoms. The van der Waals surface area contributed by atoms with Crippen LogP contribution in [0.2, 0.25) is 0 Å². The van der Waals surface area contributed by atoms with Crippen LogP contribution in [-0.4, -0.2) is 51.5 Å². The smallest absolute Gasteiger partial charge is 0.233 e. The Morgan fingerprint density at radius 2 is 2.00 bits per heavy atom. The molecule has 1 aromatic carbocycles. The number of rotatable bonds is 7. The van der Waals surface area contributed by atoms with Crippen LogP contribution >= 0.6 is 11.8 Å². The van der Waals surface area contributed by atoms with E-state index < -0.39 is 15.9 Å². The number of carbonyl (C=O) groups excluding carboxylic acids is 1. The Balaban J connectivity index is 1.49. The molecule has 1 aliphatic heterocycles. The van der Waals surface area contributed by atoms with Crippen molar-refractivity contribution < 1.29 is 13.2 Å². The van der Waals surface area contributed by atoms with E-state index >= 15 is 0 Å². The molecule has 1 fully saturated rings. The molecule has 7 nitrogen and oxygen atoms in total. The molecule has 0 saturated heterocycles. The molecule has 4 rings (SSSR count). The Hall–Kier alpha value is -2.13. The van der Waals surface area contributed by atoms with Crippen LogP contribution in [0.4, 0.5) is 0 Å². The van der Waals surface area contributed by atoms with Gasteiger partial charge in [-0.25, -0.2) is 8.42 Å².